The molecule has 2 rings (SSSR count). The van der Waals surface area contributed by atoms with Crippen LogP contribution in [0.5, 0.6) is 5.75 Å². The molecule has 0 amide bonds. The Kier molecular flexibility index (Phi) is 8.33. The van der Waals surface area contributed by atoms with Crippen LogP contribution in [0.15, 0.2) is 39.3 Å². The first kappa shape index (κ1) is 23.9. The number of methoxy groups -OCH3 is 1. The van der Waals surface area contributed by atoms with E-state index in [-0.39, 0.29) is 23.7 Å². The average Bonchev–Trinajstić information content (AvgIpc) is 2.62. The third-order valence-corrected chi connectivity index (χ3v) is 5.89. The third-order valence-electron chi connectivity index (χ3n) is 3.68. The lowest BCUT2D eigenvalue weighted by Gasteiger charge is -2.15. The highest BCUT2D eigenvalue weighted by atomic mass is 79.9. The SMILES string of the molecule is COC(=O)[C@@H](F)Cc1cc(Br)c(OCc2cccc(NS(C)(=O)=O)c2Cl)c(Br)c1. The fourth-order valence-corrected chi connectivity index (χ4v) is 4.77. The fraction of sp³-hybridized carbons (Fsp3) is 0.278. The van der Waals surface area contributed by atoms with Gasteiger partial charge in [-0.25, -0.2) is 17.6 Å². The summed E-state index contributed by atoms with van der Waals surface area (Å²) >= 11 is 13.0. The molecule has 0 fully saturated rings. The molecule has 1 atom stereocenters. The highest BCUT2D eigenvalue weighted by Gasteiger charge is 2.20. The summed E-state index contributed by atoms with van der Waals surface area (Å²) in [6, 6.07) is 8.18. The van der Waals surface area contributed by atoms with Gasteiger partial charge in [-0.1, -0.05) is 23.7 Å². The Morgan fingerprint density at radius 3 is 2.45 bits per heavy atom. The highest BCUT2D eigenvalue weighted by molar-refractivity contribution is 9.11. The van der Waals surface area contributed by atoms with Crippen molar-refractivity contribution in [3.63, 3.8) is 0 Å². The van der Waals surface area contributed by atoms with Gasteiger partial charge < -0.3 is 9.47 Å². The van der Waals surface area contributed by atoms with Crippen molar-refractivity contribution in [1.82, 2.24) is 0 Å². The number of esters is 1. The van der Waals surface area contributed by atoms with Crippen molar-refractivity contribution < 1.29 is 27.1 Å². The molecule has 0 spiro atoms. The second-order valence-electron chi connectivity index (χ2n) is 6.02. The lowest BCUT2D eigenvalue weighted by Crippen LogP contribution is -2.19. The van der Waals surface area contributed by atoms with Crippen molar-refractivity contribution >= 4 is 65.1 Å². The van der Waals surface area contributed by atoms with Crippen LogP contribution in [0.3, 0.4) is 0 Å². The fourth-order valence-electron chi connectivity index (χ4n) is 2.41. The van der Waals surface area contributed by atoms with Gasteiger partial charge in [0.15, 0.2) is 0 Å². The number of sulfonamides is 1. The molecule has 0 radical (unpaired) electrons. The molecule has 158 valence electrons. The molecule has 29 heavy (non-hydrogen) atoms. The molecule has 0 aliphatic heterocycles. The second-order valence-corrected chi connectivity index (χ2v) is 9.86. The number of alkyl halides is 1. The number of hydrogen-bond donors (Lipinski definition) is 1. The van der Waals surface area contributed by atoms with E-state index in [1.54, 1.807) is 30.3 Å². The maximum atomic E-state index is 13.8. The highest BCUT2D eigenvalue weighted by Crippen LogP contribution is 2.37. The van der Waals surface area contributed by atoms with Gasteiger partial charge in [-0.2, -0.15) is 0 Å². The van der Waals surface area contributed by atoms with Crippen molar-refractivity contribution in [1.29, 1.82) is 0 Å². The molecule has 1 N–H and O–H groups in total. The molecule has 0 saturated heterocycles. The van der Waals surface area contributed by atoms with Gasteiger partial charge in [-0.05, 0) is 55.6 Å². The number of rotatable bonds is 8. The number of anilines is 1. The molecular formula is C18H17Br2ClFNO5S. The first-order chi connectivity index (χ1) is 13.5. The van der Waals surface area contributed by atoms with Crippen molar-refractivity contribution in [3.05, 3.63) is 55.4 Å². The minimum atomic E-state index is -3.47. The van der Waals surface area contributed by atoms with E-state index in [0.29, 0.717) is 25.8 Å². The third kappa shape index (κ3) is 6.84. The number of benzene rings is 2. The molecule has 2 aromatic carbocycles. The molecular weight excluding hydrogens is 557 g/mol. The monoisotopic (exact) mass is 571 g/mol. The molecule has 11 heteroatoms. The van der Waals surface area contributed by atoms with Crippen LogP contribution in [-0.4, -0.2) is 33.9 Å². The van der Waals surface area contributed by atoms with E-state index < -0.39 is 22.2 Å². The van der Waals surface area contributed by atoms with Crippen LogP contribution in [0.4, 0.5) is 10.1 Å². The molecule has 0 bridgehead atoms. The maximum absolute atomic E-state index is 13.8. The minimum absolute atomic E-state index is 0.0581. The van der Waals surface area contributed by atoms with E-state index in [4.69, 9.17) is 16.3 Å². The summed E-state index contributed by atoms with van der Waals surface area (Å²) in [5.41, 5.74) is 1.38. The van der Waals surface area contributed by atoms with Gasteiger partial charge in [0.05, 0.1) is 33.0 Å². The Morgan fingerprint density at radius 2 is 1.90 bits per heavy atom. The lowest BCUT2D eigenvalue weighted by atomic mass is 10.1. The smallest absolute Gasteiger partial charge is 0.340 e. The van der Waals surface area contributed by atoms with Gasteiger partial charge in [0.25, 0.3) is 0 Å². The Bertz CT molecular complexity index is 996. The van der Waals surface area contributed by atoms with Crippen molar-refractivity contribution in [2.75, 3.05) is 18.1 Å². The lowest BCUT2D eigenvalue weighted by molar-refractivity contribution is -0.146. The summed E-state index contributed by atoms with van der Waals surface area (Å²) in [5, 5.41) is 0.222. The predicted molar refractivity (Wildman–Crippen MR) is 117 cm³/mol. The van der Waals surface area contributed by atoms with Gasteiger partial charge in [0, 0.05) is 12.0 Å². The summed E-state index contributed by atoms with van der Waals surface area (Å²) in [6.07, 6.45) is -0.880. The summed E-state index contributed by atoms with van der Waals surface area (Å²) in [7, 11) is -2.35. The molecule has 2 aromatic rings. The molecule has 0 aliphatic rings. The molecule has 0 heterocycles. The van der Waals surface area contributed by atoms with Crippen molar-refractivity contribution in [3.8, 4) is 5.75 Å². The van der Waals surface area contributed by atoms with E-state index in [0.717, 1.165) is 13.4 Å². The number of nitrogens with one attached hydrogen (secondary N) is 1. The Morgan fingerprint density at radius 1 is 1.28 bits per heavy atom. The molecule has 0 aromatic heterocycles. The summed E-state index contributed by atoms with van der Waals surface area (Å²) in [5.74, 6) is -0.491. The number of halogens is 4. The van der Waals surface area contributed by atoms with Crippen LogP contribution in [0.25, 0.3) is 0 Å². The summed E-state index contributed by atoms with van der Waals surface area (Å²) in [4.78, 5) is 11.3. The Labute approximate surface area is 190 Å². The minimum Gasteiger partial charge on any atom is -0.486 e. The second kappa shape index (κ2) is 10.1. The van der Waals surface area contributed by atoms with E-state index in [1.807, 2.05) is 0 Å². The predicted octanol–water partition coefficient (Wildman–Crippen LogP) is 4.87. The maximum Gasteiger partial charge on any atom is 0.340 e. The number of hydrogen-bond acceptors (Lipinski definition) is 5. The van der Waals surface area contributed by atoms with E-state index >= 15 is 0 Å². The Hall–Kier alpha value is -1.36. The Balaban J connectivity index is 2.17. The molecule has 0 saturated carbocycles. The normalized spacial score (nSPS) is 12.3. The molecule has 6 nitrogen and oxygen atoms in total. The molecule has 0 aliphatic carbocycles. The van der Waals surface area contributed by atoms with Crippen molar-refractivity contribution in [2.45, 2.75) is 19.2 Å². The zero-order valence-corrected chi connectivity index (χ0v) is 20.1. The van der Waals surface area contributed by atoms with Crippen LogP contribution in [0.1, 0.15) is 11.1 Å². The first-order valence-electron chi connectivity index (χ1n) is 8.09. The zero-order valence-electron chi connectivity index (χ0n) is 15.3. The summed E-state index contributed by atoms with van der Waals surface area (Å²) in [6.45, 7) is 0.0581. The van der Waals surface area contributed by atoms with Gasteiger partial charge in [0.1, 0.15) is 12.4 Å². The van der Waals surface area contributed by atoms with Gasteiger partial charge >= 0.3 is 5.97 Å². The van der Waals surface area contributed by atoms with Crippen LogP contribution >= 0.6 is 43.5 Å². The average molecular weight is 574 g/mol. The van der Waals surface area contributed by atoms with Gasteiger partial charge in [0.2, 0.25) is 16.2 Å². The first-order valence-corrected chi connectivity index (χ1v) is 11.9. The largest absolute Gasteiger partial charge is 0.486 e. The van der Waals surface area contributed by atoms with Crippen LogP contribution < -0.4 is 9.46 Å². The van der Waals surface area contributed by atoms with Crippen molar-refractivity contribution in [2.24, 2.45) is 0 Å². The van der Waals surface area contributed by atoms with E-state index in [1.165, 1.54) is 0 Å². The van der Waals surface area contributed by atoms with E-state index in [9.17, 15) is 17.6 Å². The quantitative estimate of drug-likeness (QED) is 0.456. The zero-order chi connectivity index (χ0) is 21.8. The number of ether oxygens (including phenoxy) is 2. The van der Waals surface area contributed by atoms with Gasteiger partial charge in [-0.15, -0.1) is 0 Å². The standard InChI is InChI=1S/C18H17Br2ClFNO5S/c1-27-18(24)14(22)8-10-6-12(19)17(13(20)7-10)28-9-11-4-3-5-15(16(11)21)23-29(2,25)26/h3-7,14,23H,8-9H2,1-2H3/t14-/m0/s1. The van der Waals surface area contributed by atoms with E-state index in [2.05, 4.69) is 41.3 Å². The molecule has 0 unspecified atom stereocenters. The van der Waals surface area contributed by atoms with Crippen LogP contribution in [0, 0.1) is 0 Å². The van der Waals surface area contributed by atoms with Crippen LogP contribution in [-0.2, 0) is 32.6 Å². The number of carbonyl (C=O) groups excluding carboxylic acids is 1. The summed E-state index contributed by atoms with van der Waals surface area (Å²) < 4.78 is 50.3. The van der Waals surface area contributed by atoms with Crippen LogP contribution in [0.2, 0.25) is 5.02 Å². The van der Waals surface area contributed by atoms with Gasteiger partial charge in [-0.3, -0.25) is 4.72 Å². The number of carbonyl (C=O) groups is 1. The topological polar surface area (TPSA) is 81.7 Å².